The molecule has 1 atom stereocenters. The van der Waals surface area contributed by atoms with Crippen molar-refractivity contribution in [2.45, 2.75) is 64.7 Å². The SMILES string of the molecule is Cc1nc(F)ccc1[C@H](Nc1cc(Cl)c2ncc(C#N)c(NCC(C)(C)C)c2c1)c1cn(C2(CC(F)(F)F)CC2)nn1. The number of aromatic nitrogens is 5. The number of nitrogens with one attached hydrogen (secondary N) is 2. The summed E-state index contributed by atoms with van der Waals surface area (Å²) in [5, 5.41) is 25.7. The second-order valence-electron chi connectivity index (χ2n) is 11.9. The van der Waals surface area contributed by atoms with Crippen molar-refractivity contribution in [1.82, 2.24) is 25.0 Å². The van der Waals surface area contributed by atoms with Crippen molar-refractivity contribution in [3.8, 4) is 6.07 Å². The molecule has 220 valence electrons. The van der Waals surface area contributed by atoms with Crippen LogP contribution in [-0.4, -0.2) is 37.7 Å². The first-order chi connectivity index (χ1) is 19.7. The number of hydrogen-bond donors (Lipinski definition) is 2. The summed E-state index contributed by atoms with van der Waals surface area (Å²) in [6.07, 6.45) is -1.72. The molecule has 42 heavy (non-hydrogen) atoms. The fourth-order valence-corrected chi connectivity index (χ4v) is 5.21. The summed E-state index contributed by atoms with van der Waals surface area (Å²) in [5.74, 6) is -0.667. The Kier molecular flexibility index (Phi) is 7.51. The quantitative estimate of drug-likeness (QED) is 0.162. The molecular weight excluding hydrogens is 572 g/mol. The van der Waals surface area contributed by atoms with Gasteiger partial charge in [-0.2, -0.15) is 22.8 Å². The van der Waals surface area contributed by atoms with Crippen LogP contribution in [0.4, 0.5) is 28.9 Å². The normalized spacial score (nSPS) is 15.3. The zero-order chi connectivity index (χ0) is 30.4. The van der Waals surface area contributed by atoms with E-state index in [1.54, 1.807) is 25.1 Å². The van der Waals surface area contributed by atoms with Gasteiger partial charge in [0.05, 0.1) is 46.0 Å². The molecule has 1 fully saturated rings. The van der Waals surface area contributed by atoms with Crippen LogP contribution in [0.2, 0.25) is 5.02 Å². The van der Waals surface area contributed by atoms with E-state index in [0.717, 1.165) is 0 Å². The van der Waals surface area contributed by atoms with Crippen molar-refractivity contribution >= 4 is 33.9 Å². The Hall–Kier alpha value is -3.98. The number of fused-ring (bicyclic) bond motifs is 1. The van der Waals surface area contributed by atoms with Gasteiger partial charge in [-0.25, -0.2) is 9.67 Å². The highest BCUT2D eigenvalue weighted by atomic mass is 35.5. The van der Waals surface area contributed by atoms with Crippen LogP contribution < -0.4 is 10.6 Å². The van der Waals surface area contributed by atoms with Crippen LogP contribution in [0.3, 0.4) is 0 Å². The van der Waals surface area contributed by atoms with Gasteiger partial charge in [0.15, 0.2) is 0 Å². The highest BCUT2D eigenvalue weighted by Gasteiger charge is 2.53. The van der Waals surface area contributed by atoms with E-state index in [-0.39, 0.29) is 5.41 Å². The molecule has 8 nitrogen and oxygen atoms in total. The second kappa shape index (κ2) is 10.7. The van der Waals surface area contributed by atoms with Crippen molar-refractivity contribution < 1.29 is 17.6 Å². The van der Waals surface area contributed by atoms with E-state index < -0.39 is 30.1 Å². The molecule has 0 saturated heterocycles. The van der Waals surface area contributed by atoms with Crippen molar-refractivity contribution in [3.05, 3.63) is 70.1 Å². The molecule has 5 rings (SSSR count). The number of nitrogens with zero attached hydrogens (tertiary/aromatic N) is 6. The van der Waals surface area contributed by atoms with E-state index in [4.69, 9.17) is 11.6 Å². The van der Waals surface area contributed by atoms with Crippen LogP contribution in [0.25, 0.3) is 10.9 Å². The topological polar surface area (TPSA) is 104 Å². The molecule has 1 aliphatic rings. The predicted octanol–water partition coefficient (Wildman–Crippen LogP) is 7.29. The summed E-state index contributed by atoms with van der Waals surface area (Å²) in [5.41, 5.74) is 1.92. The van der Waals surface area contributed by atoms with Gasteiger partial charge in [0.2, 0.25) is 5.95 Å². The van der Waals surface area contributed by atoms with Gasteiger partial charge in [0.1, 0.15) is 11.8 Å². The lowest BCUT2D eigenvalue weighted by molar-refractivity contribution is -0.146. The summed E-state index contributed by atoms with van der Waals surface area (Å²) in [6, 6.07) is 7.61. The lowest BCUT2D eigenvalue weighted by atomic mass is 9.96. The fourth-order valence-electron chi connectivity index (χ4n) is 4.94. The van der Waals surface area contributed by atoms with Gasteiger partial charge in [-0.1, -0.05) is 43.7 Å². The van der Waals surface area contributed by atoms with E-state index in [1.165, 1.54) is 23.1 Å². The minimum Gasteiger partial charge on any atom is -0.383 e. The first-order valence-corrected chi connectivity index (χ1v) is 13.7. The molecule has 0 unspecified atom stereocenters. The number of anilines is 2. The number of alkyl halides is 3. The number of nitriles is 1. The van der Waals surface area contributed by atoms with E-state index in [1.807, 2.05) is 0 Å². The van der Waals surface area contributed by atoms with E-state index >= 15 is 0 Å². The summed E-state index contributed by atoms with van der Waals surface area (Å²) < 4.78 is 55.1. The monoisotopic (exact) mass is 600 g/mol. The molecule has 1 saturated carbocycles. The lowest BCUT2D eigenvalue weighted by Gasteiger charge is -2.23. The number of benzene rings is 1. The van der Waals surface area contributed by atoms with Crippen molar-refractivity contribution in [2.24, 2.45) is 5.41 Å². The molecular formula is C29H29ClF4N8. The number of pyridine rings is 2. The van der Waals surface area contributed by atoms with Crippen LogP contribution >= 0.6 is 11.6 Å². The highest BCUT2D eigenvalue weighted by Crippen LogP contribution is 2.50. The number of rotatable bonds is 8. The molecule has 1 aliphatic carbocycles. The molecule has 0 bridgehead atoms. The van der Waals surface area contributed by atoms with Gasteiger partial charge in [0, 0.05) is 35.1 Å². The first kappa shape index (κ1) is 29.5. The maximum atomic E-state index is 13.9. The van der Waals surface area contributed by atoms with Gasteiger partial charge in [-0.3, -0.25) is 4.98 Å². The van der Waals surface area contributed by atoms with E-state index in [0.29, 0.717) is 69.2 Å². The Bertz CT molecular complexity index is 1680. The third kappa shape index (κ3) is 6.26. The molecule has 2 N–H and O–H groups in total. The Balaban J connectivity index is 1.59. The fraction of sp³-hybridized carbons (Fsp3) is 0.414. The van der Waals surface area contributed by atoms with Gasteiger partial charge in [-0.05, 0) is 43.4 Å². The zero-order valence-electron chi connectivity index (χ0n) is 23.4. The molecule has 0 radical (unpaired) electrons. The molecule has 3 aromatic heterocycles. The van der Waals surface area contributed by atoms with Crippen molar-refractivity contribution in [3.63, 3.8) is 0 Å². The Morgan fingerprint density at radius 2 is 1.93 bits per heavy atom. The summed E-state index contributed by atoms with van der Waals surface area (Å²) in [4.78, 5) is 8.33. The smallest absolute Gasteiger partial charge is 0.383 e. The maximum absolute atomic E-state index is 13.9. The van der Waals surface area contributed by atoms with Crippen molar-refractivity contribution in [2.75, 3.05) is 17.2 Å². The summed E-state index contributed by atoms with van der Waals surface area (Å²) in [6.45, 7) is 8.39. The minimum atomic E-state index is -4.35. The first-order valence-electron chi connectivity index (χ1n) is 13.3. The Morgan fingerprint density at radius 3 is 2.55 bits per heavy atom. The van der Waals surface area contributed by atoms with Crippen LogP contribution in [0, 0.1) is 29.6 Å². The van der Waals surface area contributed by atoms with Gasteiger partial charge in [0.25, 0.3) is 0 Å². The Morgan fingerprint density at radius 1 is 1.19 bits per heavy atom. The molecule has 3 heterocycles. The van der Waals surface area contributed by atoms with Crippen molar-refractivity contribution in [1.29, 1.82) is 5.26 Å². The Labute approximate surface area is 245 Å². The maximum Gasteiger partial charge on any atom is 0.391 e. The second-order valence-corrected chi connectivity index (χ2v) is 12.3. The predicted molar refractivity (Wildman–Crippen MR) is 152 cm³/mol. The molecule has 13 heteroatoms. The third-order valence-corrected chi connectivity index (χ3v) is 7.49. The third-order valence-electron chi connectivity index (χ3n) is 7.21. The van der Waals surface area contributed by atoms with E-state index in [2.05, 4.69) is 57.8 Å². The molecule has 0 aliphatic heterocycles. The molecule has 1 aromatic carbocycles. The van der Waals surface area contributed by atoms with Gasteiger partial charge < -0.3 is 10.6 Å². The lowest BCUT2D eigenvalue weighted by Crippen LogP contribution is -2.26. The largest absolute Gasteiger partial charge is 0.391 e. The minimum absolute atomic E-state index is 0.0863. The van der Waals surface area contributed by atoms with Crippen LogP contribution in [0.1, 0.15) is 68.6 Å². The number of aryl methyl sites for hydroxylation is 1. The highest BCUT2D eigenvalue weighted by molar-refractivity contribution is 6.35. The zero-order valence-corrected chi connectivity index (χ0v) is 24.2. The standard InChI is InChI=1S/C29H29ClF4N8/c1-16-19(5-6-23(31)38-16)26(22-13-42(41-40-22)28(7-8-28)14-29(32,33)34)39-18-9-20-24(37-15-27(2,3)4)17(11-35)12-36-25(20)21(30)10-18/h5-6,9-10,12-13,26,39H,7-8,14-15H2,1-4H3,(H,36,37)/t26-/m0/s1. The average Bonchev–Trinajstić information content (AvgIpc) is 3.47. The van der Waals surface area contributed by atoms with Crippen LogP contribution in [0.5, 0.6) is 0 Å². The van der Waals surface area contributed by atoms with Crippen LogP contribution in [0.15, 0.2) is 36.7 Å². The number of halogens is 5. The van der Waals surface area contributed by atoms with Gasteiger partial charge >= 0.3 is 6.18 Å². The summed E-state index contributed by atoms with van der Waals surface area (Å²) >= 11 is 6.67. The molecule has 4 aromatic rings. The average molecular weight is 601 g/mol. The van der Waals surface area contributed by atoms with Crippen LogP contribution in [-0.2, 0) is 5.54 Å². The van der Waals surface area contributed by atoms with E-state index in [9.17, 15) is 22.8 Å². The number of hydrogen-bond acceptors (Lipinski definition) is 7. The van der Waals surface area contributed by atoms with Gasteiger partial charge in [-0.15, -0.1) is 5.10 Å². The molecule has 0 spiro atoms. The summed E-state index contributed by atoms with van der Waals surface area (Å²) in [7, 11) is 0. The molecule has 0 amide bonds.